The first kappa shape index (κ1) is 17.1. The van der Waals surface area contributed by atoms with Gasteiger partial charge in [-0.2, -0.15) is 5.10 Å². The number of phenols is 2. The number of aromatic hydroxyl groups is 2. The zero-order valence-corrected chi connectivity index (χ0v) is 13.1. The van der Waals surface area contributed by atoms with Gasteiger partial charge in [0.25, 0.3) is 0 Å². The van der Waals surface area contributed by atoms with E-state index in [-0.39, 0.29) is 29.0 Å². The van der Waals surface area contributed by atoms with E-state index in [4.69, 9.17) is 16.7 Å². The van der Waals surface area contributed by atoms with Crippen LogP contribution >= 0.6 is 23.4 Å². The highest BCUT2D eigenvalue weighted by Crippen LogP contribution is 2.27. The summed E-state index contributed by atoms with van der Waals surface area (Å²) >= 11 is 6.70. The lowest BCUT2D eigenvalue weighted by Crippen LogP contribution is -2.26. The first-order valence-corrected chi connectivity index (χ1v) is 7.73. The topological polar surface area (TPSA) is 132 Å². The van der Waals surface area contributed by atoms with Crippen molar-refractivity contribution in [1.29, 1.82) is 0 Å². The number of hydrogen-bond acceptors (Lipinski definition) is 7. The van der Waals surface area contributed by atoms with Crippen LogP contribution in [0.25, 0.3) is 0 Å². The Morgan fingerprint density at radius 1 is 1.43 bits per heavy atom. The van der Waals surface area contributed by atoms with Gasteiger partial charge in [0, 0.05) is 17.5 Å². The third-order valence-corrected chi connectivity index (χ3v) is 4.20. The van der Waals surface area contributed by atoms with Gasteiger partial charge in [-0.05, 0) is 11.6 Å². The fourth-order valence-electron chi connectivity index (χ4n) is 1.82. The maximum Gasteiger partial charge on any atom is 0.305 e. The summed E-state index contributed by atoms with van der Waals surface area (Å²) in [6.45, 7) is 0. The summed E-state index contributed by atoms with van der Waals surface area (Å²) in [6, 6.07) is 2.52. The van der Waals surface area contributed by atoms with Crippen LogP contribution in [0.1, 0.15) is 17.5 Å². The third kappa shape index (κ3) is 4.36. The van der Waals surface area contributed by atoms with E-state index in [1.54, 1.807) is 0 Å². The van der Waals surface area contributed by atoms with Crippen LogP contribution in [0.5, 0.6) is 11.5 Å². The Kier molecular flexibility index (Phi) is 5.45. The van der Waals surface area contributed by atoms with Crippen molar-refractivity contribution in [2.45, 2.75) is 17.6 Å². The Labute approximate surface area is 139 Å². The van der Waals surface area contributed by atoms with Gasteiger partial charge in [-0.1, -0.05) is 11.8 Å². The van der Waals surface area contributed by atoms with Crippen LogP contribution in [0.15, 0.2) is 22.3 Å². The highest BCUT2D eigenvalue weighted by atomic mass is 35.5. The molecule has 0 aromatic heterocycles. The minimum absolute atomic E-state index is 0.0477. The summed E-state index contributed by atoms with van der Waals surface area (Å²) in [6.07, 6.45) is 0.922. The van der Waals surface area contributed by atoms with Crippen LogP contribution in [-0.4, -0.2) is 43.8 Å². The van der Waals surface area contributed by atoms with Crippen molar-refractivity contribution >= 4 is 46.6 Å². The summed E-state index contributed by atoms with van der Waals surface area (Å²) in [5.41, 5.74) is 0.749. The standard InChI is InChI=1S/C13H12ClN3O5S/c14-4-6-1-7(18)2-9(19)8(6)5-15-17-13-16-12(22)10(23-13)3-11(20)21/h1-2,5,10,18-19H,3-4H2,(H,20,21)(H,16,17,22). The number of nitrogens with zero attached hydrogens (tertiary/aromatic N) is 2. The molecule has 1 fully saturated rings. The van der Waals surface area contributed by atoms with E-state index in [0.29, 0.717) is 11.1 Å². The van der Waals surface area contributed by atoms with E-state index < -0.39 is 17.1 Å². The Morgan fingerprint density at radius 2 is 2.17 bits per heavy atom. The lowest BCUT2D eigenvalue weighted by molar-refractivity contribution is -0.138. The molecule has 0 radical (unpaired) electrons. The number of hydrogen-bond donors (Lipinski definition) is 4. The van der Waals surface area contributed by atoms with E-state index in [2.05, 4.69) is 15.5 Å². The quantitative estimate of drug-likeness (QED) is 0.356. The molecule has 122 valence electrons. The van der Waals surface area contributed by atoms with Crippen LogP contribution in [-0.2, 0) is 15.5 Å². The molecule has 1 saturated heterocycles. The second-order valence-electron chi connectivity index (χ2n) is 4.51. The maximum atomic E-state index is 11.5. The van der Waals surface area contributed by atoms with Crippen LogP contribution in [0.3, 0.4) is 0 Å². The predicted octanol–water partition coefficient (Wildman–Crippen LogP) is 1.23. The smallest absolute Gasteiger partial charge is 0.305 e. The van der Waals surface area contributed by atoms with Gasteiger partial charge in [-0.3, -0.25) is 9.59 Å². The SMILES string of the molecule is O=C(O)CC1SC(=NN=Cc2c(O)cc(O)cc2CCl)NC1=O. The number of carbonyl (C=O) groups excluding carboxylic acids is 1. The molecule has 1 aromatic carbocycles. The lowest BCUT2D eigenvalue weighted by atomic mass is 10.1. The van der Waals surface area contributed by atoms with Crippen molar-refractivity contribution < 1.29 is 24.9 Å². The molecule has 1 aromatic rings. The summed E-state index contributed by atoms with van der Waals surface area (Å²) in [5.74, 6) is -1.82. The molecule has 0 bridgehead atoms. The number of amidine groups is 1. The minimum atomic E-state index is -1.08. The number of amides is 1. The first-order chi connectivity index (χ1) is 10.9. The fourth-order valence-corrected chi connectivity index (χ4v) is 2.96. The number of nitrogens with one attached hydrogen (secondary N) is 1. The molecule has 1 unspecified atom stereocenters. The van der Waals surface area contributed by atoms with Gasteiger partial charge in [-0.15, -0.1) is 16.7 Å². The largest absolute Gasteiger partial charge is 0.508 e. The average molecular weight is 358 g/mol. The Balaban J connectivity index is 2.13. The zero-order chi connectivity index (χ0) is 17.0. The van der Waals surface area contributed by atoms with Crippen molar-refractivity contribution in [2.75, 3.05) is 0 Å². The van der Waals surface area contributed by atoms with E-state index >= 15 is 0 Å². The number of carboxylic acids is 1. The number of benzene rings is 1. The zero-order valence-electron chi connectivity index (χ0n) is 11.6. The molecular formula is C13H12ClN3O5S. The first-order valence-electron chi connectivity index (χ1n) is 6.32. The molecule has 4 N–H and O–H groups in total. The number of carboxylic acid groups (broad SMARTS) is 1. The van der Waals surface area contributed by atoms with Gasteiger partial charge in [0.1, 0.15) is 16.7 Å². The van der Waals surface area contributed by atoms with Gasteiger partial charge in [0.05, 0.1) is 12.6 Å². The van der Waals surface area contributed by atoms with Gasteiger partial charge in [-0.25, -0.2) is 0 Å². The third-order valence-electron chi connectivity index (χ3n) is 2.84. The second-order valence-corrected chi connectivity index (χ2v) is 5.97. The molecule has 10 heteroatoms. The van der Waals surface area contributed by atoms with Crippen LogP contribution in [0, 0.1) is 0 Å². The second kappa shape index (κ2) is 7.34. The van der Waals surface area contributed by atoms with Gasteiger partial charge < -0.3 is 20.6 Å². The van der Waals surface area contributed by atoms with Crippen molar-refractivity contribution in [3.63, 3.8) is 0 Å². The Morgan fingerprint density at radius 3 is 2.83 bits per heavy atom. The fraction of sp³-hybridized carbons (Fsp3) is 0.231. The molecule has 8 nitrogen and oxygen atoms in total. The Bertz CT molecular complexity index is 707. The number of phenolic OH excluding ortho intramolecular Hbond substituents is 2. The van der Waals surface area contributed by atoms with E-state index in [0.717, 1.165) is 17.8 Å². The highest BCUT2D eigenvalue weighted by Gasteiger charge is 2.32. The molecule has 0 aliphatic carbocycles. The van der Waals surface area contributed by atoms with Gasteiger partial charge >= 0.3 is 5.97 Å². The summed E-state index contributed by atoms with van der Waals surface area (Å²) in [5, 5.41) is 37.2. The normalized spacial score (nSPS) is 19.4. The van der Waals surface area contributed by atoms with Crippen LogP contribution < -0.4 is 5.32 Å². The summed E-state index contributed by atoms with van der Waals surface area (Å²) in [4.78, 5) is 22.2. The molecule has 23 heavy (non-hydrogen) atoms. The number of halogens is 1. The van der Waals surface area contributed by atoms with Crippen molar-refractivity contribution in [2.24, 2.45) is 10.2 Å². The van der Waals surface area contributed by atoms with Crippen molar-refractivity contribution in [1.82, 2.24) is 5.32 Å². The molecule has 1 aliphatic rings. The minimum Gasteiger partial charge on any atom is -0.508 e. The monoisotopic (exact) mass is 357 g/mol. The number of rotatable bonds is 5. The van der Waals surface area contributed by atoms with Crippen molar-refractivity contribution in [3.8, 4) is 11.5 Å². The van der Waals surface area contributed by atoms with E-state index in [1.165, 1.54) is 12.3 Å². The Hall–Kier alpha value is -2.26. The van der Waals surface area contributed by atoms with E-state index in [9.17, 15) is 19.8 Å². The van der Waals surface area contributed by atoms with E-state index in [1.807, 2.05) is 0 Å². The summed E-state index contributed by atoms with van der Waals surface area (Å²) < 4.78 is 0. The number of aliphatic carboxylic acids is 1. The molecular weight excluding hydrogens is 346 g/mol. The number of carbonyl (C=O) groups is 2. The lowest BCUT2D eigenvalue weighted by Gasteiger charge is -2.05. The number of thioether (sulfide) groups is 1. The molecule has 0 saturated carbocycles. The van der Waals surface area contributed by atoms with Crippen molar-refractivity contribution in [3.05, 3.63) is 23.3 Å². The predicted molar refractivity (Wildman–Crippen MR) is 86.1 cm³/mol. The maximum absolute atomic E-state index is 11.5. The number of alkyl halides is 1. The molecule has 1 atom stereocenters. The van der Waals surface area contributed by atoms with Gasteiger partial charge in [0.15, 0.2) is 5.17 Å². The average Bonchev–Trinajstić information content (AvgIpc) is 2.80. The van der Waals surface area contributed by atoms with Crippen LogP contribution in [0.2, 0.25) is 0 Å². The van der Waals surface area contributed by atoms with Crippen LogP contribution in [0.4, 0.5) is 0 Å². The molecule has 0 spiro atoms. The molecule has 1 amide bonds. The molecule has 2 rings (SSSR count). The summed E-state index contributed by atoms with van der Waals surface area (Å²) in [7, 11) is 0. The molecule has 1 heterocycles. The highest BCUT2D eigenvalue weighted by molar-refractivity contribution is 8.15. The molecule has 1 aliphatic heterocycles. The van der Waals surface area contributed by atoms with Gasteiger partial charge in [0.2, 0.25) is 5.91 Å².